The van der Waals surface area contributed by atoms with Gasteiger partial charge in [0.25, 0.3) is 0 Å². The topological polar surface area (TPSA) is 0 Å². The quantitative estimate of drug-likeness (QED) is 0.117. The van der Waals surface area contributed by atoms with Gasteiger partial charge >= 0.3 is 0 Å². The van der Waals surface area contributed by atoms with Crippen LogP contribution in [0.5, 0.6) is 0 Å². The fourth-order valence-corrected chi connectivity index (χ4v) is 12.0. The first kappa shape index (κ1) is 35.9. The minimum Gasteiger partial charge on any atom is -0.0991 e. The third-order valence-corrected chi connectivity index (χ3v) is 14.9. The van der Waals surface area contributed by atoms with Crippen molar-refractivity contribution in [2.24, 2.45) is 5.92 Å². The second-order valence-corrected chi connectivity index (χ2v) is 18.2. The highest BCUT2D eigenvalue weighted by molar-refractivity contribution is 8.04. The van der Waals surface area contributed by atoms with E-state index in [0.717, 1.165) is 0 Å². The van der Waals surface area contributed by atoms with Crippen molar-refractivity contribution in [2.75, 3.05) is 0 Å². The first-order chi connectivity index (χ1) is 27.9. The fraction of sp³-hybridized carbons (Fsp3) is 0.111. The van der Waals surface area contributed by atoms with Crippen molar-refractivity contribution in [3.63, 3.8) is 0 Å². The molecule has 0 radical (unpaired) electrons. The van der Waals surface area contributed by atoms with Crippen molar-refractivity contribution >= 4 is 46.7 Å². The molecule has 0 aromatic heterocycles. The summed E-state index contributed by atoms with van der Waals surface area (Å²) in [7, 11) is 0. The Kier molecular flexibility index (Phi) is 9.12. The molecule has 0 N–H and O–H groups in total. The summed E-state index contributed by atoms with van der Waals surface area (Å²) in [5, 5.41) is 0. The zero-order valence-electron chi connectivity index (χ0n) is 32.6. The van der Waals surface area contributed by atoms with Crippen LogP contribution in [0.15, 0.2) is 219 Å². The highest BCUT2D eigenvalue weighted by Gasteiger charge is 2.39. The van der Waals surface area contributed by atoms with E-state index in [9.17, 15) is 0 Å². The third kappa shape index (κ3) is 6.11. The standard InChI is InChI=1S/C54H43BS2/c1-5-6-28-47-35(2)55-46-27-17-18-29-48(46)57-50-34-38(33-49(56-47)53(50)55)37-30-39(32-41(31-37)54(3,4)40-21-11-8-12-22-40)52-44-25-15-13-23-42(44)51(36-19-9-7-10-20-36)43-24-14-16-26-45(43)52/h5-34,44,52H,1H2,2-4H3/b28-6-. The van der Waals surface area contributed by atoms with Crippen LogP contribution in [-0.4, -0.2) is 6.71 Å². The van der Waals surface area contributed by atoms with Gasteiger partial charge in [-0.2, -0.15) is 0 Å². The van der Waals surface area contributed by atoms with Crippen molar-refractivity contribution in [3.8, 4) is 11.1 Å². The third-order valence-electron chi connectivity index (χ3n) is 12.5. The van der Waals surface area contributed by atoms with Gasteiger partial charge in [0.1, 0.15) is 0 Å². The maximum absolute atomic E-state index is 3.99. The molecule has 274 valence electrons. The molecule has 2 atom stereocenters. The molecule has 6 aromatic carbocycles. The Labute approximate surface area is 346 Å². The van der Waals surface area contributed by atoms with Gasteiger partial charge in [0.05, 0.1) is 0 Å². The van der Waals surface area contributed by atoms with Crippen molar-refractivity contribution in [2.45, 2.75) is 46.8 Å². The van der Waals surface area contributed by atoms with Crippen LogP contribution in [-0.2, 0) is 5.41 Å². The van der Waals surface area contributed by atoms with E-state index in [1.807, 2.05) is 29.6 Å². The molecule has 10 rings (SSSR count). The molecule has 2 unspecified atom stereocenters. The van der Waals surface area contributed by atoms with E-state index in [1.54, 1.807) is 0 Å². The second kappa shape index (κ2) is 14.5. The van der Waals surface area contributed by atoms with E-state index in [2.05, 4.69) is 203 Å². The van der Waals surface area contributed by atoms with E-state index >= 15 is 0 Å². The van der Waals surface area contributed by atoms with Gasteiger partial charge in [-0.15, -0.1) is 0 Å². The number of hydrogen-bond donors (Lipinski definition) is 0. The highest BCUT2D eigenvalue weighted by Crippen LogP contribution is 2.52. The molecule has 0 fully saturated rings. The molecule has 0 saturated carbocycles. The maximum Gasteiger partial charge on any atom is 0.242 e. The van der Waals surface area contributed by atoms with E-state index in [0.29, 0.717) is 0 Å². The molecule has 3 heteroatoms. The van der Waals surface area contributed by atoms with Crippen LogP contribution in [0.4, 0.5) is 0 Å². The molecule has 2 aliphatic heterocycles. The average Bonchev–Trinajstić information content (AvgIpc) is 3.26. The predicted molar refractivity (Wildman–Crippen MR) is 246 cm³/mol. The van der Waals surface area contributed by atoms with Gasteiger partial charge in [0.15, 0.2) is 0 Å². The summed E-state index contributed by atoms with van der Waals surface area (Å²) >= 11 is 3.84. The van der Waals surface area contributed by atoms with Crippen molar-refractivity contribution < 1.29 is 0 Å². The molecule has 0 nitrogen and oxygen atoms in total. The summed E-state index contributed by atoms with van der Waals surface area (Å²) in [6, 6.07) is 52.6. The van der Waals surface area contributed by atoms with Crippen LogP contribution in [0.3, 0.4) is 0 Å². The second-order valence-electron chi connectivity index (χ2n) is 16.1. The Morgan fingerprint density at radius 1 is 0.667 bits per heavy atom. The SMILES string of the molecule is C=C/C=C\C1=C(C)B2c3ccccc3Sc3cc(-c4cc(C5c6ccccc6C(c6ccccc6)=C6C=CC=CC65)cc(C(C)(C)c5ccccc5)c4)cc(c32)S1. The monoisotopic (exact) mass is 766 g/mol. The van der Waals surface area contributed by atoms with Crippen LogP contribution in [0.25, 0.3) is 16.7 Å². The summed E-state index contributed by atoms with van der Waals surface area (Å²) in [6.45, 7) is 11.3. The first-order valence-corrected chi connectivity index (χ1v) is 21.6. The molecule has 0 saturated heterocycles. The van der Waals surface area contributed by atoms with Crippen LogP contribution in [0, 0.1) is 5.92 Å². The van der Waals surface area contributed by atoms with Gasteiger partial charge in [0, 0.05) is 36.8 Å². The summed E-state index contributed by atoms with van der Waals surface area (Å²) in [5.41, 5.74) is 17.3. The molecule has 6 aromatic rings. The van der Waals surface area contributed by atoms with Gasteiger partial charge in [-0.1, -0.05) is 213 Å². The average molecular weight is 767 g/mol. The number of benzene rings is 6. The van der Waals surface area contributed by atoms with Crippen LogP contribution >= 0.6 is 23.5 Å². The Morgan fingerprint density at radius 3 is 2.18 bits per heavy atom. The van der Waals surface area contributed by atoms with Gasteiger partial charge in [-0.05, 0) is 92.3 Å². The normalized spacial score (nSPS) is 18.0. The Morgan fingerprint density at radius 2 is 1.37 bits per heavy atom. The number of rotatable bonds is 7. The van der Waals surface area contributed by atoms with Gasteiger partial charge in [-0.3, -0.25) is 0 Å². The Balaban J connectivity index is 1.20. The number of allylic oxidation sites excluding steroid dienone is 9. The van der Waals surface area contributed by atoms with E-state index in [-0.39, 0.29) is 24.0 Å². The summed E-state index contributed by atoms with van der Waals surface area (Å²) in [5.74, 6) is 0.343. The molecule has 0 amide bonds. The number of thioether (sulfide) groups is 1. The zero-order valence-corrected chi connectivity index (χ0v) is 34.2. The van der Waals surface area contributed by atoms with Crippen molar-refractivity contribution in [3.05, 3.63) is 238 Å². The molecular formula is C54H43BS2. The lowest BCUT2D eigenvalue weighted by Gasteiger charge is -2.38. The van der Waals surface area contributed by atoms with Gasteiger partial charge < -0.3 is 0 Å². The smallest absolute Gasteiger partial charge is 0.0991 e. The van der Waals surface area contributed by atoms with Crippen LogP contribution in [0.2, 0.25) is 0 Å². The molecule has 57 heavy (non-hydrogen) atoms. The summed E-state index contributed by atoms with van der Waals surface area (Å²) < 4.78 is 0. The minimum absolute atomic E-state index is 0.146. The van der Waals surface area contributed by atoms with E-state index in [1.165, 1.54) is 91.6 Å². The molecule has 4 aliphatic rings. The number of fused-ring (bicyclic) bond motifs is 4. The maximum atomic E-state index is 3.99. The molecule has 2 aliphatic carbocycles. The Bertz CT molecular complexity index is 2740. The van der Waals surface area contributed by atoms with Crippen LogP contribution in [0.1, 0.15) is 60.1 Å². The van der Waals surface area contributed by atoms with Crippen molar-refractivity contribution in [1.82, 2.24) is 0 Å². The Hall–Kier alpha value is -5.48. The van der Waals surface area contributed by atoms with Gasteiger partial charge in [0.2, 0.25) is 6.71 Å². The predicted octanol–water partition coefficient (Wildman–Crippen LogP) is 13.1. The largest absolute Gasteiger partial charge is 0.242 e. The summed E-state index contributed by atoms with van der Waals surface area (Å²) in [4.78, 5) is 5.36. The van der Waals surface area contributed by atoms with E-state index in [4.69, 9.17) is 0 Å². The van der Waals surface area contributed by atoms with Crippen LogP contribution < -0.4 is 10.9 Å². The zero-order chi connectivity index (χ0) is 38.7. The minimum atomic E-state index is -0.227. The molecular weight excluding hydrogens is 724 g/mol. The van der Waals surface area contributed by atoms with Crippen molar-refractivity contribution in [1.29, 1.82) is 0 Å². The lowest BCUT2D eigenvalue weighted by molar-refractivity contribution is 0.625. The number of hydrogen-bond acceptors (Lipinski definition) is 2. The highest BCUT2D eigenvalue weighted by atomic mass is 32.2. The lowest BCUT2D eigenvalue weighted by Crippen LogP contribution is -2.50. The first-order valence-electron chi connectivity index (χ1n) is 20.0. The lowest BCUT2D eigenvalue weighted by atomic mass is 9.36. The van der Waals surface area contributed by atoms with Gasteiger partial charge in [-0.25, -0.2) is 0 Å². The summed E-state index contributed by atoms with van der Waals surface area (Å²) in [6.07, 6.45) is 15.5. The molecule has 2 heterocycles. The fourth-order valence-electron chi connectivity index (χ4n) is 9.56. The van der Waals surface area contributed by atoms with E-state index < -0.39 is 0 Å². The molecule has 0 spiro atoms. The molecule has 0 bridgehead atoms.